The average molecular weight is 330 g/mol. The lowest BCUT2D eigenvalue weighted by Gasteiger charge is -2.32. The predicted octanol–water partition coefficient (Wildman–Crippen LogP) is 0.866. The van der Waals surface area contributed by atoms with Gasteiger partial charge >= 0.3 is 0 Å². The summed E-state index contributed by atoms with van der Waals surface area (Å²) in [6, 6.07) is 6.80. The number of ether oxygens (including phenoxy) is 1. The smallest absolute Gasteiger partial charge is 0.250 e. The monoisotopic (exact) mass is 330 g/mol. The minimum Gasteiger partial charge on any atom is -0.372 e. The summed E-state index contributed by atoms with van der Waals surface area (Å²) in [5.41, 5.74) is 0.842. The van der Waals surface area contributed by atoms with Gasteiger partial charge in [0.05, 0.1) is 5.69 Å². The van der Waals surface area contributed by atoms with Crippen LogP contribution in [-0.2, 0) is 23.1 Å². The number of hydrogen-bond donors (Lipinski definition) is 1. The molecule has 128 valence electrons. The van der Waals surface area contributed by atoms with Gasteiger partial charge in [0.15, 0.2) is 0 Å². The lowest BCUT2D eigenvalue weighted by Crippen LogP contribution is -2.38. The molecule has 7 heteroatoms. The molecule has 3 rings (SSSR count). The van der Waals surface area contributed by atoms with E-state index in [0.29, 0.717) is 6.54 Å². The van der Waals surface area contributed by atoms with Crippen molar-refractivity contribution in [3.05, 3.63) is 52.7 Å². The summed E-state index contributed by atoms with van der Waals surface area (Å²) in [4.78, 5) is 23.8. The topological polar surface area (TPSA) is 78.2 Å². The Morgan fingerprint density at radius 2 is 2.29 bits per heavy atom. The molecule has 0 unspecified atom stereocenters. The Balaban J connectivity index is 1.60. The molecule has 0 bridgehead atoms. The van der Waals surface area contributed by atoms with Gasteiger partial charge < -0.3 is 14.6 Å². The Labute approximate surface area is 140 Å². The fourth-order valence-electron chi connectivity index (χ4n) is 3.09. The van der Waals surface area contributed by atoms with Crippen molar-refractivity contribution in [2.75, 3.05) is 13.2 Å². The predicted molar refractivity (Wildman–Crippen MR) is 88.3 cm³/mol. The second-order valence-corrected chi connectivity index (χ2v) is 6.04. The van der Waals surface area contributed by atoms with Crippen LogP contribution in [-0.4, -0.2) is 33.4 Å². The number of aromatic nitrogens is 3. The molecule has 0 aromatic carbocycles. The van der Waals surface area contributed by atoms with Gasteiger partial charge in [-0.05, 0) is 25.0 Å². The van der Waals surface area contributed by atoms with Crippen molar-refractivity contribution in [1.82, 2.24) is 19.7 Å². The lowest BCUT2D eigenvalue weighted by molar-refractivity contribution is -0.122. The standard InChI is InChI=1S/C17H22N4O3/c1-20-14(7-8-19-20)17-13(5-4-10-24-17)11-18-15(22)12-21-9-3-2-6-16(21)23/h2-3,6-9,13,17H,4-5,10-12H2,1H3,(H,18,22)/t13-,17+/m0/s1. The number of amides is 1. The van der Waals surface area contributed by atoms with Crippen LogP contribution in [0.1, 0.15) is 24.6 Å². The molecule has 0 saturated carbocycles. The summed E-state index contributed by atoms with van der Waals surface area (Å²) in [6.45, 7) is 1.28. The third kappa shape index (κ3) is 3.73. The Bertz CT molecular complexity index is 752. The first-order chi connectivity index (χ1) is 11.6. The van der Waals surface area contributed by atoms with Gasteiger partial charge in [-0.15, -0.1) is 0 Å². The maximum absolute atomic E-state index is 12.1. The third-order valence-electron chi connectivity index (χ3n) is 4.37. The van der Waals surface area contributed by atoms with Crippen molar-refractivity contribution >= 4 is 5.91 Å². The van der Waals surface area contributed by atoms with Gasteiger partial charge in [-0.2, -0.15) is 5.10 Å². The minimum absolute atomic E-state index is 0.0314. The second-order valence-electron chi connectivity index (χ2n) is 6.04. The molecule has 7 nitrogen and oxygen atoms in total. The molecule has 1 N–H and O–H groups in total. The van der Waals surface area contributed by atoms with Crippen molar-refractivity contribution in [2.45, 2.75) is 25.5 Å². The van der Waals surface area contributed by atoms with Gasteiger partial charge in [-0.25, -0.2) is 0 Å². The quantitative estimate of drug-likeness (QED) is 0.882. The summed E-state index contributed by atoms with van der Waals surface area (Å²) >= 11 is 0. The van der Waals surface area contributed by atoms with E-state index >= 15 is 0 Å². The fraction of sp³-hybridized carbons (Fsp3) is 0.471. The number of nitrogens with zero attached hydrogens (tertiary/aromatic N) is 3. The highest BCUT2D eigenvalue weighted by atomic mass is 16.5. The van der Waals surface area contributed by atoms with Crippen LogP contribution in [0, 0.1) is 5.92 Å². The molecule has 0 radical (unpaired) electrons. The Hall–Kier alpha value is -2.41. The molecule has 1 aliphatic heterocycles. The molecule has 1 saturated heterocycles. The number of aryl methyl sites for hydroxylation is 1. The van der Waals surface area contributed by atoms with Crippen molar-refractivity contribution in [1.29, 1.82) is 0 Å². The van der Waals surface area contributed by atoms with E-state index in [2.05, 4.69) is 10.4 Å². The number of rotatable bonds is 5. The van der Waals surface area contributed by atoms with Gasteiger partial charge in [0.25, 0.3) is 5.56 Å². The van der Waals surface area contributed by atoms with E-state index in [1.54, 1.807) is 24.5 Å². The Morgan fingerprint density at radius 3 is 3.04 bits per heavy atom. The highest BCUT2D eigenvalue weighted by Crippen LogP contribution is 2.32. The average Bonchev–Trinajstić information content (AvgIpc) is 3.01. The molecule has 2 aromatic rings. The van der Waals surface area contributed by atoms with E-state index in [4.69, 9.17) is 4.74 Å². The van der Waals surface area contributed by atoms with E-state index in [-0.39, 0.29) is 30.0 Å². The first-order valence-corrected chi connectivity index (χ1v) is 8.17. The van der Waals surface area contributed by atoms with Gasteiger partial charge in [0.2, 0.25) is 5.91 Å². The van der Waals surface area contributed by atoms with Crippen LogP contribution in [0.3, 0.4) is 0 Å². The number of carbonyl (C=O) groups is 1. The van der Waals surface area contributed by atoms with Crippen molar-refractivity contribution in [3.63, 3.8) is 0 Å². The normalized spacial score (nSPS) is 20.7. The SMILES string of the molecule is Cn1nccc1[C@@H]1OCCC[C@H]1CNC(=O)Cn1ccccc1=O. The first-order valence-electron chi connectivity index (χ1n) is 8.17. The van der Waals surface area contributed by atoms with Crippen molar-refractivity contribution in [2.24, 2.45) is 13.0 Å². The van der Waals surface area contributed by atoms with Crippen LogP contribution >= 0.6 is 0 Å². The second kappa shape index (κ2) is 7.44. The summed E-state index contributed by atoms with van der Waals surface area (Å²) in [6.07, 6.45) is 5.27. The van der Waals surface area contributed by atoms with E-state index in [9.17, 15) is 9.59 Å². The molecule has 1 amide bonds. The maximum Gasteiger partial charge on any atom is 0.250 e. The van der Waals surface area contributed by atoms with Crippen molar-refractivity contribution < 1.29 is 9.53 Å². The molecule has 3 heterocycles. The van der Waals surface area contributed by atoms with Crippen LogP contribution in [0.2, 0.25) is 0 Å². The third-order valence-corrected chi connectivity index (χ3v) is 4.37. The molecule has 0 aliphatic carbocycles. The zero-order valence-corrected chi connectivity index (χ0v) is 13.7. The summed E-state index contributed by atoms with van der Waals surface area (Å²) < 4.78 is 9.13. The van der Waals surface area contributed by atoms with E-state index in [1.165, 1.54) is 10.6 Å². The molecular formula is C17H22N4O3. The molecule has 0 spiro atoms. The first kappa shape index (κ1) is 16.4. The molecule has 1 fully saturated rings. The maximum atomic E-state index is 12.1. The van der Waals surface area contributed by atoms with Crippen LogP contribution in [0.4, 0.5) is 0 Å². The van der Waals surface area contributed by atoms with E-state index in [0.717, 1.165) is 25.1 Å². The van der Waals surface area contributed by atoms with Crippen LogP contribution in [0.25, 0.3) is 0 Å². The highest BCUT2D eigenvalue weighted by Gasteiger charge is 2.29. The molecule has 1 aliphatic rings. The molecule has 2 atom stereocenters. The van der Waals surface area contributed by atoms with Crippen LogP contribution in [0.5, 0.6) is 0 Å². The molecule has 2 aromatic heterocycles. The van der Waals surface area contributed by atoms with Crippen molar-refractivity contribution in [3.8, 4) is 0 Å². The van der Waals surface area contributed by atoms with Gasteiger partial charge in [0.1, 0.15) is 12.6 Å². The van der Waals surface area contributed by atoms with Gasteiger partial charge in [-0.3, -0.25) is 14.3 Å². The molecular weight excluding hydrogens is 308 g/mol. The largest absolute Gasteiger partial charge is 0.372 e. The van der Waals surface area contributed by atoms with Gasteiger partial charge in [-0.1, -0.05) is 6.07 Å². The number of nitrogens with one attached hydrogen (secondary N) is 1. The Morgan fingerprint density at radius 1 is 1.42 bits per heavy atom. The van der Waals surface area contributed by atoms with Gasteiger partial charge in [0, 0.05) is 44.6 Å². The fourth-order valence-corrected chi connectivity index (χ4v) is 3.09. The number of carbonyl (C=O) groups excluding carboxylic acids is 1. The minimum atomic E-state index is -0.179. The number of pyridine rings is 1. The summed E-state index contributed by atoms with van der Waals surface area (Å²) in [5, 5.41) is 7.13. The molecule has 24 heavy (non-hydrogen) atoms. The van der Waals surface area contributed by atoms with Crippen LogP contribution < -0.4 is 10.9 Å². The number of hydrogen-bond acceptors (Lipinski definition) is 4. The zero-order valence-electron chi connectivity index (χ0n) is 13.7. The van der Waals surface area contributed by atoms with Crippen LogP contribution in [0.15, 0.2) is 41.5 Å². The summed E-state index contributed by atoms with van der Waals surface area (Å²) in [7, 11) is 1.89. The summed E-state index contributed by atoms with van der Waals surface area (Å²) in [5.74, 6) is 0.0308. The highest BCUT2D eigenvalue weighted by molar-refractivity contribution is 5.75. The lowest BCUT2D eigenvalue weighted by atomic mass is 9.92. The van der Waals surface area contributed by atoms with E-state index < -0.39 is 0 Å². The Kier molecular flexibility index (Phi) is 5.10. The zero-order chi connectivity index (χ0) is 16.9. The van der Waals surface area contributed by atoms with E-state index in [1.807, 2.05) is 17.8 Å².